The molecule has 5 rings (SSSR count). The summed E-state index contributed by atoms with van der Waals surface area (Å²) < 4.78 is 0. The summed E-state index contributed by atoms with van der Waals surface area (Å²) in [5.41, 5.74) is 10.4. The molecule has 2 heterocycles. The Morgan fingerprint density at radius 3 is 1.65 bits per heavy atom. The number of benzene rings is 1. The van der Waals surface area contributed by atoms with E-state index in [4.69, 9.17) is 0 Å². The zero-order chi connectivity index (χ0) is 13.1. The van der Waals surface area contributed by atoms with Gasteiger partial charge in [0.2, 0.25) is 0 Å². The summed E-state index contributed by atoms with van der Waals surface area (Å²) in [6, 6.07) is 13.1. The lowest BCUT2D eigenvalue weighted by Gasteiger charge is -2.05. The number of rotatable bonds is 0. The van der Waals surface area contributed by atoms with Crippen LogP contribution in [0.2, 0.25) is 0 Å². The standard InChI is InChI=1S/C18H12N2/c1-3-11-7-13-9-16-14(10-15(13)17(11)19-5-1)8-12-4-2-6-20-18(12)16/h1-6,9-10H,7-8H2. The molecule has 0 spiro atoms. The molecular formula is C18H12N2. The Hall–Kier alpha value is -2.48. The molecule has 2 aliphatic rings. The Kier molecular flexibility index (Phi) is 1.83. The molecule has 0 unspecified atom stereocenters. The van der Waals surface area contributed by atoms with Gasteiger partial charge in [-0.1, -0.05) is 12.1 Å². The van der Waals surface area contributed by atoms with Gasteiger partial charge in [-0.3, -0.25) is 9.97 Å². The molecule has 0 radical (unpaired) electrons. The molecule has 1 aromatic carbocycles. The van der Waals surface area contributed by atoms with Crippen molar-refractivity contribution in [1.29, 1.82) is 0 Å². The quantitative estimate of drug-likeness (QED) is 0.423. The van der Waals surface area contributed by atoms with E-state index >= 15 is 0 Å². The Morgan fingerprint density at radius 1 is 0.650 bits per heavy atom. The zero-order valence-electron chi connectivity index (χ0n) is 10.9. The number of pyridine rings is 2. The average Bonchev–Trinajstić information content (AvgIpc) is 3.02. The van der Waals surface area contributed by atoms with Gasteiger partial charge in [-0.25, -0.2) is 0 Å². The van der Waals surface area contributed by atoms with Crippen LogP contribution in [-0.2, 0) is 12.8 Å². The SMILES string of the molecule is c1cnc2c(c1)Cc1cc3c(cc1-2)Cc1cccnc1-3. The topological polar surface area (TPSA) is 25.8 Å². The van der Waals surface area contributed by atoms with Crippen LogP contribution in [0.1, 0.15) is 22.3 Å². The largest absolute Gasteiger partial charge is 0.256 e. The molecule has 20 heavy (non-hydrogen) atoms. The van der Waals surface area contributed by atoms with Gasteiger partial charge in [0, 0.05) is 36.4 Å². The maximum atomic E-state index is 4.56. The average molecular weight is 256 g/mol. The first-order valence-corrected chi connectivity index (χ1v) is 6.94. The summed E-state index contributed by atoms with van der Waals surface area (Å²) in [7, 11) is 0. The summed E-state index contributed by atoms with van der Waals surface area (Å²) in [6.07, 6.45) is 5.76. The van der Waals surface area contributed by atoms with Crippen molar-refractivity contribution >= 4 is 0 Å². The maximum Gasteiger partial charge on any atom is 0.0740 e. The molecular weight excluding hydrogens is 244 g/mol. The van der Waals surface area contributed by atoms with Gasteiger partial charge >= 0.3 is 0 Å². The van der Waals surface area contributed by atoms with Crippen LogP contribution < -0.4 is 0 Å². The number of hydrogen-bond donors (Lipinski definition) is 0. The van der Waals surface area contributed by atoms with Crippen LogP contribution in [0.25, 0.3) is 22.5 Å². The second-order valence-electron chi connectivity index (χ2n) is 5.54. The second-order valence-corrected chi connectivity index (χ2v) is 5.54. The van der Waals surface area contributed by atoms with E-state index in [9.17, 15) is 0 Å². The molecule has 2 heteroatoms. The molecule has 3 aromatic rings. The lowest BCUT2D eigenvalue weighted by atomic mass is 10.0. The van der Waals surface area contributed by atoms with Crippen molar-refractivity contribution in [3.63, 3.8) is 0 Å². The maximum absolute atomic E-state index is 4.56. The Labute approximate surface area is 117 Å². The Balaban J connectivity index is 1.76. The van der Waals surface area contributed by atoms with Crippen molar-refractivity contribution in [3.8, 4) is 22.5 Å². The third-order valence-corrected chi connectivity index (χ3v) is 4.38. The van der Waals surface area contributed by atoms with E-state index < -0.39 is 0 Å². The van der Waals surface area contributed by atoms with Crippen LogP contribution in [0, 0.1) is 0 Å². The highest BCUT2D eigenvalue weighted by Gasteiger charge is 2.26. The van der Waals surface area contributed by atoms with E-state index in [-0.39, 0.29) is 0 Å². The van der Waals surface area contributed by atoms with Gasteiger partial charge in [0.25, 0.3) is 0 Å². The molecule has 2 aromatic heterocycles. The van der Waals surface area contributed by atoms with E-state index in [1.807, 2.05) is 24.5 Å². The van der Waals surface area contributed by atoms with Crippen molar-refractivity contribution in [1.82, 2.24) is 9.97 Å². The number of nitrogens with zero attached hydrogens (tertiary/aromatic N) is 2. The summed E-state index contributed by atoms with van der Waals surface area (Å²) >= 11 is 0. The smallest absolute Gasteiger partial charge is 0.0740 e. The number of fused-ring (bicyclic) bond motifs is 6. The Bertz CT molecular complexity index is 792. The van der Waals surface area contributed by atoms with Crippen molar-refractivity contribution in [3.05, 3.63) is 71.0 Å². The van der Waals surface area contributed by atoms with E-state index in [0.29, 0.717) is 0 Å². The van der Waals surface area contributed by atoms with Crippen LogP contribution in [0.4, 0.5) is 0 Å². The molecule has 94 valence electrons. The van der Waals surface area contributed by atoms with Gasteiger partial charge in [0.05, 0.1) is 11.4 Å². The molecule has 2 nitrogen and oxygen atoms in total. The van der Waals surface area contributed by atoms with Gasteiger partial charge in [0.1, 0.15) is 0 Å². The summed E-state index contributed by atoms with van der Waals surface area (Å²) in [6.45, 7) is 0. The van der Waals surface area contributed by atoms with Crippen molar-refractivity contribution in [2.45, 2.75) is 12.8 Å². The van der Waals surface area contributed by atoms with E-state index in [1.54, 1.807) is 0 Å². The Morgan fingerprint density at radius 2 is 1.15 bits per heavy atom. The van der Waals surface area contributed by atoms with Gasteiger partial charge in [-0.2, -0.15) is 0 Å². The first-order valence-electron chi connectivity index (χ1n) is 6.94. The summed E-state index contributed by atoms with van der Waals surface area (Å²) in [5, 5.41) is 0. The lowest BCUT2D eigenvalue weighted by molar-refractivity contribution is 1.23. The highest BCUT2D eigenvalue weighted by atomic mass is 14.7. The third-order valence-electron chi connectivity index (χ3n) is 4.38. The molecule has 0 fully saturated rings. The lowest BCUT2D eigenvalue weighted by Crippen LogP contribution is -1.87. The van der Waals surface area contributed by atoms with Gasteiger partial charge < -0.3 is 0 Å². The minimum atomic E-state index is 0.994. The highest BCUT2D eigenvalue weighted by Crippen LogP contribution is 2.42. The van der Waals surface area contributed by atoms with Gasteiger partial charge in [0.15, 0.2) is 0 Å². The number of hydrogen-bond acceptors (Lipinski definition) is 2. The number of aromatic nitrogens is 2. The van der Waals surface area contributed by atoms with Crippen LogP contribution in [0.5, 0.6) is 0 Å². The van der Waals surface area contributed by atoms with Crippen molar-refractivity contribution in [2.75, 3.05) is 0 Å². The fraction of sp³-hybridized carbons (Fsp3) is 0.111. The summed E-state index contributed by atoms with van der Waals surface area (Å²) in [4.78, 5) is 9.12. The van der Waals surface area contributed by atoms with Crippen LogP contribution in [0.3, 0.4) is 0 Å². The monoisotopic (exact) mass is 256 g/mol. The molecule has 2 aliphatic carbocycles. The van der Waals surface area contributed by atoms with Crippen molar-refractivity contribution < 1.29 is 0 Å². The zero-order valence-corrected chi connectivity index (χ0v) is 10.9. The van der Waals surface area contributed by atoms with E-state index in [1.165, 1.54) is 33.4 Å². The fourth-order valence-electron chi connectivity index (χ4n) is 3.48. The molecule has 0 amide bonds. The molecule has 0 aliphatic heterocycles. The molecule has 0 bridgehead atoms. The minimum absolute atomic E-state index is 0.994. The predicted molar refractivity (Wildman–Crippen MR) is 78.5 cm³/mol. The molecule has 0 saturated heterocycles. The van der Waals surface area contributed by atoms with Crippen LogP contribution >= 0.6 is 0 Å². The normalized spacial score (nSPS) is 13.6. The predicted octanol–water partition coefficient (Wildman–Crippen LogP) is 3.62. The van der Waals surface area contributed by atoms with Gasteiger partial charge in [-0.05, 0) is 46.5 Å². The van der Waals surface area contributed by atoms with Gasteiger partial charge in [-0.15, -0.1) is 0 Å². The van der Waals surface area contributed by atoms with E-state index in [0.717, 1.165) is 24.2 Å². The molecule has 0 N–H and O–H groups in total. The van der Waals surface area contributed by atoms with E-state index in [2.05, 4.69) is 34.2 Å². The fourth-order valence-corrected chi connectivity index (χ4v) is 3.48. The molecule has 0 atom stereocenters. The van der Waals surface area contributed by atoms with Crippen LogP contribution in [0.15, 0.2) is 48.8 Å². The highest BCUT2D eigenvalue weighted by molar-refractivity contribution is 5.82. The van der Waals surface area contributed by atoms with Crippen molar-refractivity contribution in [2.24, 2.45) is 0 Å². The minimum Gasteiger partial charge on any atom is -0.256 e. The second kappa shape index (κ2) is 3.54. The first kappa shape index (κ1) is 10.3. The van der Waals surface area contributed by atoms with Crippen LogP contribution in [-0.4, -0.2) is 9.97 Å². The molecule has 0 saturated carbocycles. The first-order chi connectivity index (χ1) is 9.90. The third kappa shape index (κ3) is 1.23. The summed E-state index contributed by atoms with van der Waals surface area (Å²) in [5.74, 6) is 0.